The Bertz CT molecular complexity index is 250. The van der Waals surface area contributed by atoms with E-state index in [-0.39, 0.29) is 11.8 Å². The Morgan fingerprint density at radius 1 is 1.27 bits per heavy atom. The number of hydrogen-bond donors (Lipinski definition) is 2. The van der Waals surface area contributed by atoms with Crippen LogP contribution in [0.4, 0.5) is 11.5 Å². The highest BCUT2D eigenvalue weighted by atomic mass is 16.5. The number of nitrogens with zero attached hydrogens (tertiary/aromatic N) is 2. The summed E-state index contributed by atoms with van der Waals surface area (Å²) in [5.41, 5.74) is 12.0. The number of nitrogens with two attached hydrogens (primary N) is 2. The van der Waals surface area contributed by atoms with Crippen LogP contribution in [0.5, 0.6) is 6.01 Å². The number of nitrogen functional groups attached to an aromatic ring is 2. The molecule has 1 aromatic rings. The summed E-state index contributed by atoms with van der Waals surface area (Å²) >= 11 is 0. The van der Waals surface area contributed by atoms with Gasteiger partial charge in [0.1, 0.15) is 0 Å². The molecule has 0 bridgehead atoms. The Hall–Kier alpha value is -1.52. The van der Waals surface area contributed by atoms with Crippen molar-refractivity contribution >= 4 is 11.5 Å². The van der Waals surface area contributed by atoms with Gasteiger partial charge in [0.05, 0.1) is 18.5 Å². The van der Waals surface area contributed by atoms with Gasteiger partial charge >= 0.3 is 6.01 Å². The van der Waals surface area contributed by atoms with Crippen LogP contribution in [0.25, 0.3) is 0 Å². The van der Waals surface area contributed by atoms with Crippen LogP contribution in [-0.2, 0) is 0 Å². The molecule has 0 aliphatic carbocycles. The lowest BCUT2D eigenvalue weighted by molar-refractivity contribution is 0.380. The van der Waals surface area contributed by atoms with Crippen LogP contribution in [0, 0.1) is 6.92 Å². The maximum absolute atomic E-state index is 5.50. The molecule has 0 aliphatic rings. The minimum Gasteiger partial charge on any atom is -0.467 e. The molecule has 0 spiro atoms. The van der Waals surface area contributed by atoms with E-state index in [4.69, 9.17) is 16.2 Å². The van der Waals surface area contributed by atoms with Crippen LogP contribution in [0.1, 0.15) is 5.69 Å². The SMILES string of the molecule is COc1nc(C)c(N)c(N)n1. The van der Waals surface area contributed by atoms with E-state index in [1.807, 2.05) is 0 Å². The van der Waals surface area contributed by atoms with Crippen molar-refractivity contribution in [3.05, 3.63) is 5.69 Å². The molecule has 0 atom stereocenters. The van der Waals surface area contributed by atoms with E-state index < -0.39 is 0 Å². The third kappa shape index (κ3) is 1.31. The number of methoxy groups -OCH3 is 1. The van der Waals surface area contributed by atoms with Crippen LogP contribution < -0.4 is 16.2 Å². The van der Waals surface area contributed by atoms with Gasteiger partial charge in [0.25, 0.3) is 0 Å². The molecule has 0 saturated heterocycles. The molecule has 0 aliphatic heterocycles. The molecule has 60 valence electrons. The number of aromatic nitrogens is 2. The van der Waals surface area contributed by atoms with Gasteiger partial charge in [-0.3, -0.25) is 0 Å². The van der Waals surface area contributed by atoms with E-state index >= 15 is 0 Å². The summed E-state index contributed by atoms with van der Waals surface area (Å²) in [6.45, 7) is 1.75. The summed E-state index contributed by atoms with van der Waals surface area (Å²) in [4.78, 5) is 7.69. The van der Waals surface area contributed by atoms with Gasteiger partial charge in [-0.25, -0.2) is 0 Å². The lowest BCUT2D eigenvalue weighted by Crippen LogP contribution is -2.04. The fourth-order valence-electron chi connectivity index (χ4n) is 0.669. The van der Waals surface area contributed by atoms with Crippen molar-refractivity contribution in [3.8, 4) is 6.01 Å². The van der Waals surface area contributed by atoms with Crippen LogP contribution in [-0.4, -0.2) is 17.1 Å². The monoisotopic (exact) mass is 154 g/mol. The Kier molecular flexibility index (Phi) is 1.80. The number of ether oxygens (including phenoxy) is 1. The first kappa shape index (κ1) is 7.59. The second-order valence-corrected chi connectivity index (χ2v) is 2.09. The summed E-state index contributed by atoms with van der Waals surface area (Å²) in [7, 11) is 1.48. The third-order valence-electron chi connectivity index (χ3n) is 1.33. The van der Waals surface area contributed by atoms with Gasteiger partial charge in [-0.1, -0.05) is 0 Å². The minimum absolute atomic E-state index is 0.245. The number of anilines is 2. The second kappa shape index (κ2) is 2.61. The molecule has 0 radical (unpaired) electrons. The van der Waals surface area contributed by atoms with Gasteiger partial charge in [-0.15, -0.1) is 0 Å². The maximum atomic E-state index is 5.50. The first-order valence-electron chi connectivity index (χ1n) is 3.08. The van der Waals surface area contributed by atoms with Crippen LogP contribution in [0.15, 0.2) is 0 Å². The summed E-state index contributed by atoms with van der Waals surface area (Å²) in [6, 6.07) is 0.245. The summed E-state index contributed by atoms with van der Waals surface area (Å²) in [6.07, 6.45) is 0. The van der Waals surface area contributed by atoms with Crippen LogP contribution >= 0.6 is 0 Å². The van der Waals surface area contributed by atoms with E-state index in [0.29, 0.717) is 11.4 Å². The zero-order valence-corrected chi connectivity index (χ0v) is 6.46. The normalized spacial score (nSPS) is 9.64. The van der Waals surface area contributed by atoms with Crippen LogP contribution in [0.3, 0.4) is 0 Å². The van der Waals surface area contributed by atoms with Gasteiger partial charge in [-0.05, 0) is 6.92 Å². The highest BCUT2D eigenvalue weighted by molar-refractivity contribution is 5.60. The lowest BCUT2D eigenvalue weighted by Gasteiger charge is -2.03. The fourth-order valence-corrected chi connectivity index (χ4v) is 0.669. The number of rotatable bonds is 1. The molecular formula is C6H10N4O. The predicted octanol–water partition coefficient (Wildman–Crippen LogP) is -0.0420. The molecule has 0 saturated carbocycles. The first-order valence-corrected chi connectivity index (χ1v) is 3.08. The summed E-state index contributed by atoms with van der Waals surface area (Å²) < 4.78 is 4.77. The van der Waals surface area contributed by atoms with Crippen molar-refractivity contribution in [1.82, 2.24) is 9.97 Å². The molecule has 0 unspecified atom stereocenters. The van der Waals surface area contributed by atoms with Crippen molar-refractivity contribution < 1.29 is 4.74 Å². The Morgan fingerprint density at radius 3 is 2.36 bits per heavy atom. The maximum Gasteiger partial charge on any atom is 0.318 e. The smallest absolute Gasteiger partial charge is 0.318 e. The average molecular weight is 154 g/mol. The first-order chi connectivity index (χ1) is 5.15. The zero-order valence-electron chi connectivity index (χ0n) is 6.46. The molecule has 0 fully saturated rings. The predicted molar refractivity (Wildman–Crippen MR) is 42.1 cm³/mol. The molecular weight excluding hydrogens is 144 g/mol. The van der Waals surface area contributed by atoms with Crippen molar-refractivity contribution in [2.45, 2.75) is 6.92 Å². The van der Waals surface area contributed by atoms with Gasteiger partial charge in [0.2, 0.25) is 0 Å². The van der Waals surface area contributed by atoms with E-state index in [1.54, 1.807) is 6.92 Å². The molecule has 5 heteroatoms. The molecule has 11 heavy (non-hydrogen) atoms. The molecule has 1 heterocycles. The Morgan fingerprint density at radius 2 is 1.91 bits per heavy atom. The lowest BCUT2D eigenvalue weighted by atomic mass is 10.3. The quantitative estimate of drug-likeness (QED) is 0.592. The molecule has 4 N–H and O–H groups in total. The van der Waals surface area contributed by atoms with E-state index in [2.05, 4.69) is 9.97 Å². The fraction of sp³-hybridized carbons (Fsp3) is 0.333. The van der Waals surface area contributed by atoms with E-state index in [1.165, 1.54) is 7.11 Å². The molecule has 1 aromatic heterocycles. The highest BCUT2D eigenvalue weighted by Crippen LogP contribution is 2.17. The molecule has 5 nitrogen and oxygen atoms in total. The Balaban J connectivity index is 3.21. The summed E-state index contributed by atoms with van der Waals surface area (Å²) in [5.74, 6) is 0.259. The van der Waals surface area contributed by atoms with E-state index in [0.717, 1.165) is 0 Å². The number of aryl methyl sites for hydroxylation is 1. The number of hydrogen-bond acceptors (Lipinski definition) is 5. The van der Waals surface area contributed by atoms with Gasteiger partial charge in [0.15, 0.2) is 5.82 Å². The van der Waals surface area contributed by atoms with E-state index in [9.17, 15) is 0 Å². The van der Waals surface area contributed by atoms with Gasteiger partial charge in [0, 0.05) is 0 Å². The largest absolute Gasteiger partial charge is 0.467 e. The molecule has 0 aromatic carbocycles. The van der Waals surface area contributed by atoms with Crippen LogP contribution in [0.2, 0.25) is 0 Å². The standard InChI is InChI=1S/C6H10N4O/c1-3-4(7)5(8)10-6(9-3)11-2/h7H2,1-2H3,(H2,8,9,10). The van der Waals surface area contributed by atoms with Crippen molar-refractivity contribution in [1.29, 1.82) is 0 Å². The second-order valence-electron chi connectivity index (χ2n) is 2.09. The molecule has 0 amide bonds. The molecule has 1 rings (SSSR count). The van der Waals surface area contributed by atoms with Crippen molar-refractivity contribution in [2.75, 3.05) is 18.6 Å². The highest BCUT2D eigenvalue weighted by Gasteiger charge is 2.04. The third-order valence-corrected chi connectivity index (χ3v) is 1.33. The Labute approximate surface area is 64.4 Å². The summed E-state index contributed by atoms with van der Waals surface area (Å²) in [5, 5.41) is 0. The zero-order chi connectivity index (χ0) is 8.43. The average Bonchev–Trinajstić information content (AvgIpc) is 1.99. The topological polar surface area (TPSA) is 87.0 Å². The van der Waals surface area contributed by atoms with Gasteiger partial charge in [-0.2, -0.15) is 9.97 Å². The van der Waals surface area contributed by atoms with Crippen molar-refractivity contribution in [3.63, 3.8) is 0 Å². The minimum atomic E-state index is 0.245. The van der Waals surface area contributed by atoms with Gasteiger partial charge < -0.3 is 16.2 Å². The van der Waals surface area contributed by atoms with Crippen molar-refractivity contribution in [2.24, 2.45) is 0 Å².